The van der Waals surface area contributed by atoms with Crippen LogP contribution in [0.3, 0.4) is 0 Å². The molecule has 22 heavy (non-hydrogen) atoms. The second-order valence-corrected chi connectivity index (χ2v) is 5.72. The molecule has 5 nitrogen and oxygen atoms in total. The van der Waals surface area contributed by atoms with Crippen LogP contribution < -0.4 is 5.73 Å². The van der Waals surface area contributed by atoms with Gasteiger partial charge in [-0.15, -0.1) is 0 Å². The van der Waals surface area contributed by atoms with Crippen molar-refractivity contribution in [2.75, 3.05) is 12.3 Å². The minimum absolute atomic E-state index is 0.0581. The predicted octanol–water partition coefficient (Wildman–Crippen LogP) is 2.06. The van der Waals surface area contributed by atoms with E-state index in [-0.39, 0.29) is 24.3 Å². The van der Waals surface area contributed by atoms with Crippen LogP contribution in [0.25, 0.3) is 0 Å². The van der Waals surface area contributed by atoms with Crippen molar-refractivity contribution in [3.8, 4) is 0 Å². The number of aryl methyl sites for hydroxylation is 1. The Morgan fingerprint density at radius 2 is 2.23 bits per heavy atom. The van der Waals surface area contributed by atoms with E-state index in [1.54, 1.807) is 17.0 Å². The molecule has 0 radical (unpaired) electrons. The topological polar surface area (TPSA) is 64.2 Å². The van der Waals surface area contributed by atoms with Crippen molar-refractivity contribution in [1.29, 1.82) is 0 Å². The molecule has 0 saturated heterocycles. The van der Waals surface area contributed by atoms with E-state index in [0.717, 1.165) is 23.2 Å². The van der Waals surface area contributed by atoms with Crippen molar-refractivity contribution in [3.63, 3.8) is 0 Å². The largest absolute Gasteiger partial charge is 0.384 e. The number of anilines is 1. The Morgan fingerprint density at radius 1 is 1.45 bits per heavy atom. The second kappa shape index (κ2) is 5.44. The predicted molar refractivity (Wildman–Crippen MR) is 81.6 cm³/mol. The molecule has 0 aliphatic carbocycles. The molecule has 1 aromatic heterocycles. The van der Waals surface area contributed by atoms with Crippen LogP contribution in [0, 0.1) is 12.7 Å². The average molecular weight is 302 g/mol. The van der Waals surface area contributed by atoms with E-state index in [1.807, 2.05) is 13.8 Å². The van der Waals surface area contributed by atoms with Crippen LogP contribution in [0.1, 0.15) is 29.8 Å². The second-order valence-electron chi connectivity index (χ2n) is 5.72. The maximum atomic E-state index is 13.5. The lowest BCUT2D eigenvalue weighted by atomic mass is 9.93. The molecule has 1 aliphatic rings. The summed E-state index contributed by atoms with van der Waals surface area (Å²) in [6, 6.07) is 6.38. The Bertz CT molecular complexity index is 725. The first kappa shape index (κ1) is 14.6. The highest BCUT2D eigenvalue weighted by molar-refractivity contribution is 5.77. The number of carbonyl (C=O) groups is 1. The SMILES string of the molecule is Cc1cc(N)n(CC(=O)N2CCc3ccc(F)cc3C2C)n1. The van der Waals surface area contributed by atoms with Gasteiger partial charge < -0.3 is 10.6 Å². The zero-order valence-corrected chi connectivity index (χ0v) is 12.7. The number of benzene rings is 1. The Labute approximate surface area is 128 Å². The molecule has 2 aromatic rings. The molecule has 2 N–H and O–H groups in total. The van der Waals surface area contributed by atoms with Gasteiger partial charge in [-0.2, -0.15) is 5.10 Å². The first-order valence-corrected chi connectivity index (χ1v) is 7.33. The maximum absolute atomic E-state index is 13.5. The van der Waals surface area contributed by atoms with Gasteiger partial charge in [0.1, 0.15) is 18.2 Å². The molecule has 0 saturated carbocycles. The van der Waals surface area contributed by atoms with E-state index in [0.29, 0.717) is 12.4 Å². The third-order valence-corrected chi connectivity index (χ3v) is 4.19. The molecule has 1 atom stereocenters. The van der Waals surface area contributed by atoms with E-state index in [1.165, 1.54) is 16.8 Å². The molecule has 1 unspecified atom stereocenters. The quantitative estimate of drug-likeness (QED) is 0.923. The smallest absolute Gasteiger partial charge is 0.244 e. The third kappa shape index (κ3) is 2.56. The molecule has 1 aliphatic heterocycles. The highest BCUT2D eigenvalue weighted by Crippen LogP contribution is 2.30. The van der Waals surface area contributed by atoms with Crippen LogP contribution in [0.15, 0.2) is 24.3 Å². The fourth-order valence-electron chi connectivity index (χ4n) is 3.04. The fourth-order valence-corrected chi connectivity index (χ4v) is 3.04. The van der Waals surface area contributed by atoms with Crippen LogP contribution in [-0.4, -0.2) is 27.1 Å². The van der Waals surface area contributed by atoms with Gasteiger partial charge in [0.2, 0.25) is 5.91 Å². The van der Waals surface area contributed by atoms with Gasteiger partial charge in [0, 0.05) is 12.6 Å². The van der Waals surface area contributed by atoms with E-state index in [9.17, 15) is 9.18 Å². The molecule has 1 amide bonds. The number of nitrogen functional groups attached to an aromatic ring is 1. The first-order chi connectivity index (χ1) is 10.5. The minimum atomic E-state index is -0.271. The van der Waals surface area contributed by atoms with Gasteiger partial charge in [-0.25, -0.2) is 9.07 Å². The van der Waals surface area contributed by atoms with Gasteiger partial charge >= 0.3 is 0 Å². The summed E-state index contributed by atoms with van der Waals surface area (Å²) in [7, 11) is 0. The van der Waals surface area contributed by atoms with Crippen LogP contribution in [0.5, 0.6) is 0 Å². The van der Waals surface area contributed by atoms with Gasteiger partial charge in [-0.05, 0) is 43.5 Å². The van der Waals surface area contributed by atoms with Gasteiger partial charge in [0.15, 0.2) is 0 Å². The molecule has 2 heterocycles. The lowest BCUT2D eigenvalue weighted by Crippen LogP contribution is -2.40. The number of nitrogens with two attached hydrogens (primary N) is 1. The number of aromatic nitrogens is 2. The summed E-state index contributed by atoms with van der Waals surface area (Å²) < 4.78 is 15.0. The van der Waals surface area contributed by atoms with Gasteiger partial charge in [-0.3, -0.25) is 4.79 Å². The molecule has 0 spiro atoms. The molecule has 0 bridgehead atoms. The molecule has 6 heteroatoms. The van der Waals surface area contributed by atoms with Crippen molar-refractivity contribution >= 4 is 11.7 Å². The number of rotatable bonds is 2. The lowest BCUT2D eigenvalue weighted by molar-refractivity contribution is -0.134. The summed E-state index contributed by atoms with van der Waals surface area (Å²) in [5.41, 5.74) is 8.60. The number of hydrogen-bond acceptors (Lipinski definition) is 3. The van der Waals surface area contributed by atoms with Crippen LogP contribution in [0.4, 0.5) is 10.2 Å². The van der Waals surface area contributed by atoms with E-state index < -0.39 is 0 Å². The summed E-state index contributed by atoms with van der Waals surface area (Å²) in [5.74, 6) is 0.144. The molecule has 3 rings (SSSR count). The van der Waals surface area contributed by atoms with E-state index in [4.69, 9.17) is 5.73 Å². The van der Waals surface area contributed by atoms with Crippen LogP contribution >= 0.6 is 0 Å². The number of halogens is 1. The van der Waals surface area contributed by atoms with Crippen LogP contribution in [-0.2, 0) is 17.8 Å². The lowest BCUT2D eigenvalue weighted by Gasteiger charge is -2.35. The summed E-state index contributed by atoms with van der Waals surface area (Å²) in [6.07, 6.45) is 0.735. The van der Waals surface area contributed by atoms with Crippen LogP contribution in [0.2, 0.25) is 0 Å². The summed E-state index contributed by atoms with van der Waals surface area (Å²) in [5, 5.41) is 4.21. The van der Waals surface area contributed by atoms with E-state index in [2.05, 4.69) is 5.10 Å². The van der Waals surface area contributed by atoms with Gasteiger partial charge in [-0.1, -0.05) is 6.07 Å². The fraction of sp³-hybridized carbons (Fsp3) is 0.375. The Hall–Kier alpha value is -2.37. The van der Waals surface area contributed by atoms with Crippen molar-refractivity contribution in [1.82, 2.24) is 14.7 Å². The zero-order valence-electron chi connectivity index (χ0n) is 12.7. The normalized spacial score (nSPS) is 17.4. The van der Waals surface area contributed by atoms with Crippen molar-refractivity contribution < 1.29 is 9.18 Å². The molecular weight excluding hydrogens is 283 g/mol. The number of hydrogen-bond donors (Lipinski definition) is 1. The number of fused-ring (bicyclic) bond motifs is 1. The molecule has 116 valence electrons. The summed E-state index contributed by atoms with van der Waals surface area (Å²) >= 11 is 0. The average Bonchev–Trinajstić information content (AvgIpc) is 2.77. The summed E-state index contributed by atoms with van der Waals surface area (Å²) in [6.45, 7) is 4.49. The Kier molecular flexibility index (Phi) is 3.60. The van der Waals surface area contributed by atoms with Crippen molar-refractivity contribution in [2.24, 2.45) is 0 Å². The molecular formula is C16H19FN4O. The Morgan fingerprint density at radius 3 is 2.91 bits per heavy atom. The highest BCUT2D eigenvalue weighted by Gasteiger charge is 2.28. The van der Waals surface area contributed by atoms with Crippen molar-refractivity contribution in [3.05, 3.63) is 46.9 Å². The zero-order chi connectivity index (χ0) is 15.9. The minimum Gasteiger partial charge on any atom is -0.384 e. The Balaban J connectivity index is 1.81. The number of nitrogens with zero attached hydrogens (tertiary/aromatic N) is 3. The molecule has 0 fully saturated rings. The standard InChI is InChI=1S/C16H19FN4O/c1-10-7-15(18)21(19-10)9-16(22)20-6-5-12-3-4-13(17)8-14(12)11(20)2/h3-4,7-8,11H,5-6,9,18H2,1-2H3. The van der Waals surface area contributed by atoms with E-state index >= 15 is 0 Å². The maximum Gasteiger partial charge on any atom is 0.244 e. The van der Waals surface area contributed by atoms with Gasteiger partial charge in [0.05, 0.1) is 11.7 Å². The number of amides is 1. The monoisotopic (exact) mass is 302 g/mol. The highest BCUT2D eigenvalue weighted by atomic mass is 19.1. The molecule has 1 aromatic carbocycles. The van der Waals surface area contributed by atoms with Crippen molar-refractivity contribution in [2.45, 2.75) is 32.9 Å². The van der Waals surface area contributed by atoms with Gasteiger partial charge in [0.25, 0.3) is 0 Å². The third-order valence-electron chi connectivity index (χ3n) is 4.19. The number of carbonyl (C=O) groups excluding carboxylic acids is 1. The first-order valence-electron chi connectivity index (χ1n) is 7.33. The summed E-state index contributed by atoms with van der Waals surface area (Å²) in [4.78, 5) is 14.3.